The summed E-state index contributed by atoms with van der Waals surface area (Å²) < 4.78 is 11.8. The van der Waals surface area contributed by atoms with Crippen LogP contribution in [0, 0.1) is 0 Å². The SMILES string of the molecule is CC1(C)COc2cccc(Oc3ccc(Nc4ncccc4N)cn3)c21. The van der Waals surface area contributed by atoms with Gasteiger partial charge in [-0.25, -0.2) is 9.97 Å². The van der Waals surface area contributed by atoms with E-state index in [4.69, 9.17) is 15.2 Å². The van der Waals surface area contributed by atoms with Gasteiger partial charge < -0.3 is 20.5 Å². The highest BCUT2D eigenvalue weighted by atomic mass is 16.5. The zero-order valence-electron chi connectivity index (χ0n) is 14.7. The molecule has 132 valence electrons. The quantitative estimate of drug-likeness (QED) is 0.733. The minimum atomic E-state index is -0.0933. The minimum absolute atomic E-state index is 0.0933. The average molecular weight is 348 g/mol. The van der Waals surface area contributed by atoms with Crippen molar-refractivity contribution in [3.05, 3.63) is 60.4 Å². The van der Waals surface area contributed by atoms with Gasteiger partial charge in [-0.15, -0.1) is 0 Å². The number of benzene rings is 1. The largest absolute Gasteiger partial charge is 0.492 e. The molecule has 26 heavy (non-hydrogen) atoms. The van der Waals surface area contributed by atoms with E-state index in [-0.39, 0.29) is 5.41 Å². The van der Waals surface area contributed by atoms with Gasteiger partial charge in [-0.05, 0) is 30.3 Å². The highest BCUT2D eigenvalue weighted by Crippen LogP contribution is 2.45. The standard InChI is InChI=1S/C20H20N4O2/c1-20(2)12-25-15-6-3-7-16(18(15)20)26-17-9-8-13(11-23-17)24-19-14(21)5-4-10-22-19/h3-11H,12,21H2,1-2H3,(H,22,24). The fourth-order valence-corrected chi connectivity index (χ4v) is 3.00. The van der Waals surface area contributed by atoms with Crippen LogP contribution in [0.25, 0.3) is 0 Å². The third-order valence-electron chi connectivity index (χ3n) is 4.31. The van der Waals surface area contributed by atoms with Crippen molar-refractivity contribution in [1.82, 2.24) is 9.97 Å². The molecule has 2 aromatic heterocycles. The van der Waals surface area contributed by atoms with Crippen LogP contribution in [0.3, 0.4) is 0 Å². The van der Waals surface area contributed by atoms with Crippen LogP contribution >= 0.6 is 0 Å². The van der Waals surface area contributed by atoms with Crippen molar-refractivity contribution < 1.29 is 9.47 Å². The Kier molecular flexibility index (Phi) is 3.88. The van der Waals surface area contributed by atoms with Crippen LogP contribution in [0.5, 0.6) is 17.4 Å². The van der Waals surface area contributed by atoms with Gasteiger partial charge in [0.15, 0.2) is 5.82 Å². The summed E-state index contributed by atoms with van der Waals surface area (Å²) in [6, 6.07) is 13.1. The molecule has 0 fully saturated rings. The molecule has 0 spiro atoms. The number of aromatic nitrogens is 2. The number of ether oxygens (including phenoxy) is 2. The van der Waals surface area contributed by atoms with Gasteiger partial charge in [-0.2, -0.15) is 0 Å². The van der Waals surface area contributed by atoms with Crippen LogP contribution in [0.1, 0.15) is 19.4 Å². The molecular formula is C20H20N4O2. The van der Waals surface area contributed by atoms with Gasteiger partial charge in [0.1, 0.15) is 11.5 Å². The van der Waals surface area contributed by atoms with E-state index >= 15 is 0 Å². The van der Waals surface area contributed by atoms with Crippen molar-refractivity contribution >= 4 is 17.2 Å². The predicted octanol–water partition coefficient (Wildman–Crippen LogP) is 4.26. The Morgan fingerprint density at radius 3 is 2.77 bits per heavy atom. The fraction of sp³-hybridized carbons (Fsp3) is 0.200. The van der Waals surface area contributed by atoms with Crippen molar-refractivity contribution in [2.75, 3.05) is 17.7 Å². The van der Waals surface area contributed by atoms with Crippen molar-refractivity contribution in [3.63, 3.8) is 0 Å². The van der Waals surface area contributed by atoms with Gasteiger partial charge in [-0.3, -0.25) is 0 Å². The summed E-state index contributed by atoms with van der Waals surface area (Å²) in [6.07, 6.45) is 3.37. The zero-order valence-corrected chi connectivity index (χ0v) is 14.7. The van der Waals surface area contributed by atoms with E-state index < -0.39 is 0 Å². The monoisotopic (exact) mass is 348 g/mol. The molecule has 0 unspecified atom stereocenters. The molecule has 6 nitrogen and oxygen atoms in total. The first-order chi connectivity index (χ1) is 12.5. The summed E-state index contributed by atoms with van der Waals surface area (Å²) in [4.78, 5) is 8.59. The Bertz CT molecular complexity index is 939. The number of rotatable bonds is 4. The van der Waals surface area contributed by atoms with Gasteiger partial charge in [0.25, 0.3) is 0 Å². The molecule has 1 aliphatic rings. The topological polar surface area (TPSA) is 82.3 Å². The lowest BCUT2D eigenvalue weighted by Gasteiger charge is -2.18. The number of nitrogens with one attached hydrogen (secondary N) is 1. The lowest BCUT2D eigenvalue weighted by Crippen LogP contribution is -2.19. The van der Waals surface area contributed by atoms with E-state index in [1.165, 1.54) is 0 Å². The third kappa shape index (κ3) is 3.01. The van der Waals surface area contributed by atoms with Crippen LogP contribution in [-0.4, -0.2) is 16.6 Å². The van der Waals surface area contributed by atoms with Crippen molar-refractivity contribution in [1.29, 1.82) is 0 Å². The molecule has 6 heteroatoms. The Balaban J connectivity index is 1.54. The summed E-state index contributed by atoms with van der Waals surface area (Å²) in [5.41, 5.74) is 8.24. The molecule has 0 amide bonds. The first-order valence-electron chi connectivity index (χ1n) is 8.41. The average Bonchev–Trinajstić information content (AvgIpc) is 2.95. The van der Waals surface area contributed by atoms with Gasteiger partial charge in [0, 0.05) is 23.2 Å². The first-order valence-corrected chi connectivity index (χ1v) is 8.41. The summed E-state index contributed by atoms with van der Waals surface area (Å²) in [5, 5.41) is 3.14. The van der Waals surface area contributed by atoms with E-state index in [9.17, 15) is 0 Å². The van der Waals surface area contributed by atoms with Crippen LogP contribution in [0.2, 0.25) is 0 Å². The lowest BCUT2D eigenvalue weighted by molar-refractivity contribution is 0.290. The maximum Gasteiger partial charge on any atom is 0.219 e. The number of hydrogen-bond donors (Lipinski definition) is 2. The maximum absolute atomic E-state index is 6.03. The molecule has 0 aliphatic carbocycles. The maximum atomic E-state index is 6.03. The molecule has 0 saturated heterocycles. The zero-order chi connectivity index (χ0) is 18.1. The summed E-state index contributed by atoms with van der Waals surface area (Å²) in [6.45, 7) is 4.93. The molecule has 0 bridgehead atoms. The number of pyridine rings is 2. The summed E-state index contributed by atoms with van der Waals surface area (Å²) in [5.74, 6) is 2.76. The summed E-state index contributed by atoms with van der Waals surface area (Å²) in [7, 11) is 0. The number of nitrogens with zero attached hydrogens (tertiary/aromatic N) is 2. The minimum Gasteiger partial charge on any atom is -0.492 e. The number of anilines is 3. The van der Waals surface area contributed by atoms with Crippen molar-refractivity contribution in [3.8, 4) is 17.4 Å². The number of nitrogen functional groups attached to an aromatic ring is 1. The Labute approximate surface area is 152 Å². The number of fused-ring (bicyclic) bond motifs is 1. The highest BCUT2D eigenvalue weighted by Gasteiger charge is 2.35. The molecule has 1 aromatic carbocycles. The third-order valence-corrected chi connectivity index (χ3v) is 4.31. The molecule has 4 rings (SSSR count). The van der Waals surface area contributed by atoms with Gasteiger partial charge in [-0.1, -0.05) is 19.9 Å². The Morgan fingerprint density at radius 1 is 1.12 bits per heavy atom. The van der Waals surface area contributed by atoms with E-state index in [0.717, 1.165) is 22.7 Å². The summed E-state index contributed by atoms with van der Waals surface area (Å²) >= 11 is 0. The second-order valence-corrected chi connectivity index (χ2v) is 6.86. The van der Waals surface area contributed by atoms with Gasteiger partial charge in [0.05, 0.1) is 24.2 Å². The fourth-order valence-electron chi connectivity index (χ4n) is 3.00. The van der Waals surface area contributed by atoms with E-state index in [1.807, 2.05) is 30.3 Å². The Morgan fingerprint density at radius 2 is 2.00 bits per heavy atom. The van der Waals surface area contributed by atoms with Crippen LogP contribution in [0.4, 0.5) is 17.2 Å². The van der Waals surface area contributed by atoms with E-state index in [2.05, 4.69) is 29.1 Å². The molecule has 0 saturated carbocycles. The molecule has 3 aromatic rings. The lowest BCUT2D eigenvalue weighted by atomic mass is 9.86. The van der Waals surface area contributed by atoms with Crippen molar-refractivity contribution in [2.24, 2.45) is 0 Å². The predicted molar refractivity (Wildman–Crippen MR) is 101 cm³/mol. The van der Waals surface area contributed by atoms with Crippen LogP contribution in [-0.2, 0) is 5.41 Å². The highest BCUT2D eigenvalue weighted by molar-refractivity contribution is 5.67. The normalized spacial score (nSPS) is 14.4. The smallest absolute Gasteiger partial charge is 0.219 e. The first kappa shape index (κ1) is 16.2. The van der Waals surface area contributed by atoms with Gasteiger partial charge >= 0.3 is 0 Å². The Hall–Kier alpha value is -3.28. The van der Waals surface area contributed by atoms with E-state index in [1.54, 1.807) is 24.5 Å². The number of nitrogens with two attached hydrogens (primary N) is 1. The van der Waals surface area contributed by atoms with Gasteiger partial charge in [0.2, 0.25) is 5.88 Å². The second-order valence-electron chi connectivity index (χ2n) is 6.86. The molecular weight excluding hydrogens is 328 g/mol. The van der Waals surface area contributed by atoms with Crippen molar-refractivity contribution in [2.45, 2.75) is 19.3 Å². The molecule has 3 N–H and O–H groups in total. The van der Waals surface area contributed by atoms with Crippen LogP contribution < -0.4 is 20.5 Å². The molecule has 3 heterocycles. The molecule has 0 atom stereocenters. The number of hydrogen-bond acceptors (Lipinski definition) is 6. The second kappa shape index (κ2) is 6.22. The van der Waals surface area contributed by atoms with E-state index in [0.29, 0.717) is 24.0 Å². The molecule has 0 radical (unpaired) electrons. The molecule has 1 aliphatic heterocycles. The van der Waals surface area contributed by atoms with Crippen LogP contribution in [0.15, 0.2) is 54.9 Å².